The molecule has 1 atom stereocenters. The predicted octanol–water partition coefficient (Wildman–Crippen LogP) is 4.82. The van der Waals surface area contributed by atoms with Gasteiger partial charge < -0.3 is 24.8 Å². The minimum Gasteiger partial charge on any atom is -1.00 e. The summed E-state index contributed by atoms with van der Waals surface area (Å²) in [7, 11) is 0. The van der Waals surface area contributed by atoms with Gasteiger partial charge in [0.05, 0.1) is 0 Å². The van der Waals surface area contributed by atoms with Crippen molar-refractivity contribution in [2.45, 2.75) is 70.3 Å². The Kier molecular flexibility index (Phi) is 12.0. The summed E-state index contributed by atoms with van der Waals surface area (Å²) in [6.45, 7) is 11.8. The third-order valence-corrected chi connectivity index (χ3v) is 18.1. The molecule has 0 N–H and O–H groups in total. The van der Waals surface area contributed by atoms with Gasteiger partial charge in [-0.3, -0.25) is 0 Å². The van der Waals surface area contributed by atoms with Gasteiger partial charge >= 0.3 is 263 Å². The summed E-state index contributed by atoms with van der Waals surface area (Å²) in [5, 5.41) is 0. The molecular weight excluding hydrogens is 655 g/mol. The molecule has 0 radical (unpaired) electrons. The van der Waals surface area contributed by atoms with Crippen LogP contribution in [-0.2, 0) is 34.1 Å². The van der Waals surface area contributed by atoms with E-state index in [1.165, 1.54) is 39.8 Å². The first-order valence-corrected chi connectivity index (χ1v) is 20.1. The molecule has 226 valence electrons. The van der Waals surface area contributed by atoms with Gasteiger partial charge in [0.2, 0.25) is 0 Å². The molecule has 0 aliphatic heterocycles. The van der Waals surface area contributed by atoms with Crippen LogP contribution in [0.1, 0.15) is 90.9 Å². The Morgan fingerprint density at radius 1 is 0.591 bits per heavy atom. The summed E-state index contributed by atoms with van der Waals surface area (Å²) in [4.78, 5) is 0. The van der Waals surface area contributed by atoms with Crippen molar-refractivity contribution in [3.8, 4) is 11.1 Å². The van der Waals surface area contributed by atoms with E-state index in [2.05, 4.69) is 138 Å². The number of aryl methyl sites for hydroxylation is 2. The molecule has 2 aliphatic rings. The van der Waals surface area contributed by atoms with E-state index in [9.17, 15) is 0 Å². The Morgan fingerprint density at radius 2 is 1.09 bits per heavy atom. The quantitative estimate of drug-likeness (QED) is 0.236. The molecule has 0 saturated carbocycles. The minimum absolute atomic E-state index is 0. The summed E-state index contributed by atoms with van der Waals surface area (Å²) in [5.41, 5.74) is 15.2. The van der Waals surface area contributed by atoms with Gasteiger partial charge in [-0.1, -0.05) is 0 Å². The Hall–Kier alpha value is -2.31. The summed E-state index contributed by atoms with van der Waals surface area (Å²) in [6.07, 6.45) is 8.34. The number of rotatable bonds is 9. The molecule has 6 rings (SSSR count). The van der Waals surface area contributed by atoms with Crippen molar-refractivity contribution in [1.82, 2.24) is 0 Å². The van der Waals surface area contributed by atoms with Gasteiger partial charge in [-0.2, -0.15) is 0 Å². The molecule has 3 heteroatoms. The molecular formula is C41H44Cl2Zr. The zero-order valence-electron chi connectivity index (χ0n) is 26.8. The van der Waals surface area contributed by atoms with Gasteiger partial charge in [0, 0.05) is 0 Å². The maximum Gasteiger partial charge on any atom is -1.00 e. The minimum atomic E-state index is -2.77. The Labute approximate surface area is 285 Å². The van der Waals surface area contributed by atoms with Crippen molar-refractivity contribution in [1.29, 1.82) is 0 Å². The normalized spacial score (nSPS) is 15.0. The third-order valence-electron chi connectivity index (χ3n) is 9.66. The summed E-state index contributed by atoms with van der Waals surface area (Å²) in [5.74, 6) is 0.568. The SMILES string of the molecule is CCC1=C(CC)C(CC)[C]([Zr+2](=[C](c2ccccc2)c2ccccc2)[CH]2c3cc(CC)ccc3-c3ccc(CC)cc32)=C1.[Cl-].[Cl-]. The maximum atomic E-state index is 2.72. The van der Waals surface area contributed by atoms with Gasteiger partial charge in [0.25, 0.3) is 0 Å². The molecule has 2 aliphatic carbocycles. The van der Waals surface area contributed by atoms with Crippen LogP contribution in [0.25, 0.3) is 11.1 Å². The molecule has 44 heavy (non-hydrogen) atoms. The van der Waals surface area contributed by atoms with E-state index < -0.39 is 21.3 Å². The van der Waals surface area contributed by atoms with E-state index >= 15 is 0 Å². The molecule has 0 amide bonds. The van der Waals surface area contributed by atoms with Crippen molar-refractivity contribution in [3.63, 3.8) is 0 Å². The van der Waals surface area contributed by atoms with E-state index in [1.807, 2.05) is 3.28 Å². The van der Waals surface area contributed by atoms with E-state index in [4.69, 9.17) is 0 Å². The third kappa shape index (κ3) is 6.23. The Bertz CT molecular complexity index is 1600. The van der Waals surface area contributed by atoms with Crippen LogP contribution in [-0.4, -0.2) is 3.21 Å². The van der Waals surface area contributed by atoms with Gasteiger partial charge in [0.1, 0.15) is 0 Å². The molecule has 0 spiro atoms. The van der Waals surface area contributed by atoms with Gasteiger partial charge in [-0.25, -0.2) is 0 Å². The van der Waals surface area contributed by atoms with E-state index in [-0.39, 0.29) is 24.8 Å². The second-order valence-corrected chi connectivity index (χ2v) is 17.9. The maximum absolute atomic E-state index is 2.77. The van der Waals surface area contributed by atoms with Crippen LogP contribution >= 0.6 is 0 Å². The number of fused-ring (bicyclic) bond motifs is 3. The van der Waals surface area contributed by atoms with Crippen molar-refractivity contribution in [3.05, 3.63) is 151 Å². The molecule has 4 aromatic carbocycles. The zero-order chi connectivity index (χ0) is 29.2. The van der Waals surface area contributed by atoms with Crippen molar-refractivity contribution < 1.29 is 46.1 Å². The fourth-order valence-corrected chi connectivity index (χ4v) is 17.5. The van der Waals surface area contributed by atoms with Crippen molar-refractivity contribution in [2.75, 3.05) is 0 Å². The van der Waals surface area contributed by atoms with E-state index in [1.54, 1.807) is 25.5 Å². The zero-order valence-corrected chi connectivity index (χ0v) is 30.7. The number of hydrogen-bond donors (Lipinski definition) is 0. The second-order valence-electron chi connectivity index (χ2n) is 11.8. The van der Waals surface area contributed by atoms with Crippen LogP contribution < -0.4 is 24.8 Å². The van der Waals surface area contributed by atoms with E-state index in [0.29, 0.717) is 9.54 Å². The fourth-order valence-electron chi connectivity index (χ4n) is 7.58. The van der Waals surface area contributed by atoms with Crippen LogP contribution in [0.15, 0.2) is 118 Å². The van der Waals surface area contributed by atoms with Gasteiger partial charge in [-0.05, 0) is 0 Å². The van der Waals surface area contributed by atoms with Crippen LogP contribution in [0.5, 0.6) is 0 Å². The average molecular weight is 699 g/mol. The number of hydrogen-bond acceptors (Lipinski definition) is 0. The summed E-state index contributed by atoms with van der Waals surface area (Å²) in [6, 6.07) is 37.7. The monoisotopic (exact) mass is 696 g/mol. The topological polar surface area (TPSA) is 0 Å². The standard InChI is InChI=1S/C17H17.C13H10.C11H17.2ClH.Zr/c1-3-12-5-7-16-14(9-12)11-15-10-13(4-2)6-8-17(15)16;1-3-7-12(8-4-1)11-13-9-5-2-6-10-13;1-4-9-7-8-10(5-2)11(9)6-3;;;/h5-11H,3-4H2,1-2H3;1-10H;7,10H,4-6H2,1-3H3;2*1H;/q;;;;;+2/p-2. The predicted molar refractivity (Wildman–Crippen MR) is 178 cm³/mol. The molecule has 0 fully saturated rings. The molecule has 4 aromatic rings. The number of halogens is 2. The first kappa shape index (κ1) is 34.6. The molecule has 0 nitrogen and oxygen atoms in total. The molecule has 0 aromatic heterocycles. The largest absolute Gasteiger partial charge is 1.00 e. The smallest absolute Gasteiger partial charge is 1.00 e. The Balaban J connectivity index is 0.00000221. The average Bonchev–Trinajstić information content (AvgIpc) is 3.58. The van der Waals surface area contributed by atoms with Crippen LogP contribution in [0.4, 0.5) is 0 Å². The first-order chi connectivity index (χ1) is 20.6. The fraction of sp³-hybridized carbons (Fsp3) is 0.293. The van der Waals surface area contributed by atoms with Gasteiger partial charge in [0.15, 0.2) is 0 Å². The second kappa shape index (κ2) is 15.3. The van der Waals surface area contributed by atoms with Gasteiger partial charge in [-0.15, -0.1) is 0 Å². The van der Waals surface area contributed by atoms with Crippen LogP contribution in [0, 0.1) is 5.92 Å². The number of benzene rings is 4. The number of allylic oxidation sites excluding steroid dienone is 4. The molecule has 0 bridgehead atoms. The summed E-state index contributed by atoms with van der Waals surface area (Å²) < 4.78 is 3.92. The molecule has 0 saturated heterocycles. The van der Waals surface area contributed by atoms with Crippen molar-refractivity contribution in [2.24, 2.45) is 5.92 Å². The van der Waals surface area contributed by atoms with Crippen LogP contribution in [0.2, 0.25) is 0 Å². The Morgan fingerprint density at radius 3 is 1.50 bits per heavy atom. The van der Waals surface area contributed by atoms with E-state index in [0.717, 1.165) is 25.7 Å². The first-order valence-electron chi connectivity index (χ1n) is 16.2. The summed E-state index contributed by atoms with van der Waals surface area (Å²) >= 11 is -2.77. The molecule has 1 unspecified atom stereocenters. The van der Waals surface area contributed by atoms with Crippen LogP contribution in [0.3, 0.4) is 0 Å². The molecule has 0 heterocycles. The van der Waals surface area contributed by atoms with Crippen molar-refractivity contribution >= 4 is 3.21 Å².